The van der Waals surface area contributed by atoms with E-state index in [2.05, 4.69) is 16.0 Å². The van der Waals surface area contributed by atoms with Gasteiger partial charge in [-0.25, -0.2) is 0 Å². The lowest BCUT2D eigenvalue weighted by molar-refractivity contribution is 0.0628. The number of benzene rings is 1. The van der Waals surface area contributed by atoms with E-state index in [1.807, 2.05) is 24.0 Å². The Morgan fingerprint density at radius 3 is 2.46 bits per heavy atom. The predicted octanol–water partition coefficient (Wildman–Crippen LogP) is 2.45. The first-order chi connectivity index (χ1) is 12.7. The van der Waals surface area contributed by atoms with Gasteiger partial charge in [-0.3, -0.25) is 14.7 Å². The van der Waals surface area contributed by atoms with Crippen LogP contribution >= 0.6 is 0 Å². The van der Waals surface area contributed by atoms with Gasteiger partial charge in [-0.1, -0.05) is 6.07 Å². The molecule has 0 spiro atoms. The van der Waals surface area contributed by atoms with Gasteiger partial charge in [-0.15, -0.1) is 0 Å². The number of pyridine rings is 1. The molecule has 0 saturated carbocycles. The number of ether oxygens (including phenoxy) is 2. The number of amides is 1. The van der Waals surface area contributed by atoms with Crippen LogP contribution in [0.2, 0.25) is 0 Å². The van der Waals surface area contributed by atoms with Gasteiger partial charge in [0.05, 0.1) is 13.7 Å². The lowest BCUT2D eigenvalue weighted by atomic mass is 10.1. The van der Waals surface area contributed by atoms with Crippen molar-refractivity contribution in [2.75, 3.05) is 39.9 Å². The van der Waals surface area contributed by atoms with Crippen LogP contribution in [0.1, 0.15) is 22.8 Å². The summed E-state index contributed by atoms with van der Waals surface area (Å²) in [5.74, 6) is 1.61. The molecule has 2 heterocycles. The lowest BCUT2D eigenvalue weighted by Crippen LogP contribution is -2.48. The van der Waals surface area contributed by atoms with Crippen LogP contribution in [0.25, 0.3) is 0 Å². The van der Waals surface area contributed by atoms with Gasteiger partial charge >= 0.3 is 0 Å². The second kappa shape index (κ2) is 8.67. The van der Waals surface area contributed by atoms with Crippen LogP contribution < -0.4 is 9.47 Å². The number of nitrogens with zero attached hydrogens (tertiary/aromatic N) is 3. The second-order valence-corrected chi connectivity index (χ2v) is 6.22. The Morgan fingerprint density at radius 1 is 1.08 bits per heavy atom. The Labute approximate surface area is 154 Å². The van der Waals surface area contributed by atoms with Crippen LogP contribution in [0, 0.1) is 0 Å². The highest BCUT2D eigenvalue weighted by Crippen LogP contribution is 2.28. The molecule has 0 N–H and O–H groups in total. The molecule has 1 amide bonds. The number of aromatic nitrogens is 1. The molecule has 1 fully saturated rings. The topological polar surface area (TPSA) is 54.9 Å². The van der Waals surface area contributed by atoms with Crippen molar-refractivity contribution < 1.29 is 14.3 Å². The van der Waals surface area contributed by atoms with E-state index in [1.54, 1.807) is 31.6 Å². The maximum Gasteiger partial charge on any atom is 0.254 e. The van der Waals surface area contributed by atoms with Gasteiger partial charge in [-0.2, -0.15) is 0 Å². The molecule has 6 heteroatoms. The summed E-state index contributed by atoms with van der Waals surface area (Å²) in [5.41, 5.74) is 1.88. The third-order valence-corrected chi connectivity index (χ3v) is 4.52. The summed E-state index contributed by atoms with van der Waals surface area (Å²) in [5, 5.41) is 0. The third-order valence-electron chi connectivity index (χ3n) is 4.52. The number of methoxy groups -OCH3 is 1. The van der Waals surface area contributed by atoms with Gasteiger partial charge in [0, 0.05) is 50.7 Å². The smallest absolute Gasteiger partial charge is 0.254 e. The molecule has 26 heavy (non-hydrogen) atoms. The van der Waals surface area contributed by atoms with E-state index in [9.17, 15) is 4.79 Å². The molecule has 0 bridgehead atoms. The van der Waals surface area contributed by atoms with Crippen LogP contribution in [-0.4, -0.2) is 60.6 Å². The minimum atomic E-state index is 0.0788. The Morgan fingerprint density at radius 2 is 1.81 bits per heavy atom. The summed E-state index contributed by atoms with van der Waals surface area (Å²) in [6.45, 7) is 6.58. The summed E-state index contributed by atoms with van der Waals surface area (Å²) < 4.78 is 11.0. The highest BCUT2D eigenvalue weighted by molar-refractivity contribution is 5.94. The lowest BCUT2D eigenvalue weighted by Gasteiger charge is -2.34. The van der Waals surface area contributed by atoms with Gasteiger partial charge in [0.1, 0.15) is 0 Å². The quantitative estimate of drug-likeness (QED) is 0.797. The average Bonchev–Trinajstić information content (AvgIpc) is 2.69. The van der Waals surface area contributed by atoms with Gasteiger partial charge < -0.3 is 14.4 Å². The van der Waals surface area contributed by atoms with Crippen molar-refractivity contribution in [2.45, 2.75) is 13.5 Å². The van der Waals surface area contributed by atoms with E-state index in [1.165, 1.54) is 5.56 Å². The molecule has 1 aromatic heterocycles. The van der Waals surface area contributed by atoms with Crippen LogP contribution in [-0.2, 0) is 6.54 Å². The van der Waals surface area contributed by atoms with E-state index in [0.717, 1.165) is 44.2 Å². The van der Waals surface area contributed by atoms with Crippen LogP contribution in [0.4, 0.5) is 0 Å². The SMILES string of the molecule is CCOc1cc(CN2CCN(C(=O)c3ccncc3)CC2)ccc1OC. The predicted molar refractivity (Wildman–Crippen MR) is 99.6 cm³/mol. The highest BCUT2D eigenvalue weighted by atomic mass is 16.5. The van der Waals surface area contributed by atoms with E-state index in [4.69, 9.17) is 9.47 Å². The molecule has 0 aliphatic carbocycles. The van der Waals surface area contributed by atoms with Crippen LogP contribution in [0.15, 0.2) is 42.7 Å². The molecule has 6 nitrogen and oxygen atoms in total. The molecular formula is C20H25N3O3. The first-order valence-electron chi connectivity index (χ1n) is 8.92. The Balaban J connectivity index is 1.57. The molecule has 3 rings (SSSR count). The van der Waals surface area contributed by atoms with Gasteiger partial charge in [0.25, 0.3) is 5.91 Å². The van der Waals surface area contributed by atoms with Crippen molar-refractivity contribution >= 4 is 5.91 Å². The summed E-state index contributed by atoms with van der Waals surface area (Å²) in [4.78, 5) is 20.7. The fourth-order valence-electron chi connectivity index (χ4n) is 3.13. The number of carbonyl (C=O) groups is 1. The minimum Gasteiger partial charge on any atom is -0.493 e. The minimum absolute atomic E-state index is 0.0788. The van der Waals surface area contributed by atoms with Crippen molar-refractivity contribution in [2.24, 2.45) is 0 Å². The highest BCUT2D eigenvalue weighted by Gasteiger charge is 2.22. The van der Waals surface area contributed by atoms with Crippen molar-refractivity contribution in [1.29, 1.82) is 0 Å². The maximum absolute atomic E-state index is 12.5. The summed E-state index contributed by atoms with van der Waals surface area (Å²) in [6, 6.07) is 9.58. The monoisotopic (exact) mass is 355 g/mol. The van der Waals surface area contributed by atoms with Gasteiger partial charge in [0.2, 0.25) is 0 Å². The van der Waals surface area contributed by atoms with Crippen molar-refractivity contribution in [1.82, 2.24) is 14.8 Å². The molecule has 138 valence electrons. The van der Waals surface area contributed by atoms with E-state index >= 15 is 0 Å². The molecule has 1 aromatic carbocycles. The first kappa shape index (κ1) is 18.2. The maximum atomic E-state index is 12.5. The zero-order valence-corrected chi connectivity index (χ0v) is 15.4. The Hall–Kier alpha value is -2.60. The molecule has 0 radical (unpaired) electrons. The number of rotatable bonds is 6. The van der Waals surface area contributed by atoms with Crippen molar-refractivity contribution in [3.05, 3.63) is 53.9 Å². The summed E-state index contributed by atoms with van der Waals surface area (Å²) >= 11 is 0. The molecule has 2 aromatic rings. The Kier molecular flexibility index (Phi) is 6.07. The zero-order valence-electron chi connectivity index (χ0n) is 15.4. The second-order valence-electron chi connectivity index (χ2n) is 6.22. The fraction of sp³-hybridized carbons (Fsp3) is 0.400. The average molecular weight is 355 g/mol. The molecule has 0 unspecified atom stereocenters. The molecule has 1 saturated heterocycles. The van der Waals surface area contributed by atoms with E-state index < -0.39 is 0 Å². The fourth-order valence-corrected chi connectivity index (χ4v) is 3.13. The van der Waals surface area contributed by atoms with Gasteiger partial charge in [0.15, 0.2) is 11.5 Å². The van der Waals surface area contributed by atoms with E-state index in [0.29, 0.717) is 12.2 Å². The van der Waals surface area contributed by atoms with Crippen LogP contribution in [0.3, 0.4) is 0 Å². The number of hydrogen-bond donors (Lipinski definition) is 0. The van der Waals surface area contributed by atoms with Gasteiger partial charge in [-0.05, 0) is 36.8 Å². The number of carbonyl (C=O) groups excluding carboxylic acids is 1. The summed E-state index contributed by atoms with van der Waals surface area (Å²) in [6.07, 6.45) is 3.31. The third kappa shape index (κ3) is 4.32. The Bertz CT molecular complexity index is 728. The van der Waals surface area contributed by atoms with Crippen LogP contribution in [0.5, 0.6) is 11.5 Å². The van der Waals surface area contributed by atoms with E-state index in [-0.39, 0.29) is 5.91 Å². The van der Waals surface area contributed by atoms with Crippen molar-refractivity contribution in [3.8, 4) is 11.5 Å². The zero-order chi connectivity index (χ0) is 18.4. The standard InChI is InChI=1S/C20H25N3O3/c1-3-26-19-14-16(4-5-18(19)25-2)15-22-10-12-23(13-11-22)20(24)17-6-8-21-9-7-17/h4-9,14H,3,10-13,15H2,1-2H3. The molecule has 0 atom stereocenters. The largest absolute Gasteiger partial charge is 0.493 e. The number of hydrogen-bond acceptors (Lipinski definition) is 5. The van der Waals surface area contributed by atoms with Crippen molar-refractivity contribution in [3.63, 3.8) is 0 Å². The normalized spacial score (nSPS) is 14.9. The summed E-state index contributed by atoms with van der Waals surface area (Å²) in [7, 11) is 1.65. The molecule has 1 aliphatic heterocycles. The number of piperazine rings is 1. The first-order valence-corrected chi connectivity index (χ1v) is 8.92. The molecular weight excluding hydrogens is 330 g/mol. The molecule has 1 aliphatic rings.